The van der Waals surface area contributed by atoms with Crippen LogP contribution in [0.15, 0.2) is 24.3 Å². The number of carbonyl (C=O) groups excluding carboxylic acids is 1. The van der Waals surface area contributed by atoms with Crippen molar-refractivity contribution in [3.63, 3.8) is 0 Å². The minimum absolute atomic E-state index is 0.186. The predicted octanol–water partition coefficient (Wildman–Crippen LogP) is 2.15. The lowest BCUT2D eigenvalue weighted by molar-refractivity contribution is -0.128. The number of sulfonamides is 1. The molecule has 1 atom stereocenters. The molecule has 0 unspecified atom stereocenters. The third kappa shape index (κ3) is 5.74. The second-order valence-electron chi connectivity index (χ2n) is 6.21. The van der Waals surface area contributed by atoms with E-state index in [0.29, 0.717) is 11.4 Å². The van der Waals surface area contributed by atoms with Crippen LogP contribution in [-0.4, -0.2) is 39.3 Å². The van der Waals surface area contributed by atoms with E-state index in [-0.39, 0.29) is 11.4 Å². The summed E-state index contributed by atoms with van der Waals surface area (Å²) in [6.45, 7) is 7.58. The molecular weight excluding hydrogens is 316 g/mol. The molecule has 1 aromatic carbocycles. The number of rotatable bonds is 7. The van der Waals surface area contributed by atoms with E-state index in [1.165, 1.54) is 11.4 Å². The molecule has 6 nitrogen and oxygen atoms in total. The molecule has 23 heavy (non-hydrogen) atoms. The lowest BCUT2D eigenvalue weighted by Crippen LogP contribution is -2.48. The molecule has 130 valence electrons. The smallest absolute Gasteiger partial charge is 0.261 e. The Morgan fingerprint density at radius 1 is 1.30 bits per heavy atom. The molecule has 0 saturated heterocycles. The Balaban J connectivity index is 2.73. The van der Waals surface area contributed by atoms with Crippen molar-refractivity contribution in [3.05, 3.63) is 24.3 Å². The quantitative estimate of drug-likeness (QED) is 0.824. The summed E-state index contributed by atoms with van der Waals surface area (Å²) in [6, 6.07) is 6.56. The van der Waals surface area contributed by atoms with Crippen molar-refractivity contribution >= 4 is 21.6 Å². The minimum Gasteiger partial charge on any atom is -0.481 e. The largest absolute Gasteiger partial charge is 0.481 e. The standard InChI is InChI=1S/C16H26N2O4S/c1-7-16(3,4)17-15(19)12(2)22-14-10-8-13(9-11-14)18(5)23(6,20)21/h8-12H,7H2,1-6H3,(H,17,19)/t12-/m1/s1. The van der Waals surface area contributed by atoms with Gasteiger partial charge in [0, 0.05) is 12.6 Å². The number of hydrogen-bond donors (Lipinski definition) is 1. The zero-order chi connectivity index (χ0) is 17.8. The van der Waals surface area contributed by atoms with Gasteiger partial charge in [0.15, 0.2) is 6.10 Å². The number of amides is 1. The van der Waals surface area contributed by atoms with Crippen LogP contribution in [0.3, 0.4) is 0 Å². The molecule has 0 aromatic heterocycles. The fourth-order valence-corrected chi connectivity index (χ4v) is 2.21. The highest BCUT2D eigenvalue weighted by molar-refractivity contribution is 7.92. The van der Waals surface area contributed by atoms with Crippen LogP contribution in [0, 0.1) is 0 Å². The van der Waals surface area contributed by atoms with Gasteiger partial charge >= 0.3 is 0 Å². The number of nitrogens with zero attached hydrogens (tertiary/aromatic N) is 1. The first-order chi connectivity index (χ1) is 10.5. The molecule has 0 aliphatic heterocycles. The topological polar surface area (TPSA) is 75.7 Å². The summed E-state index contributed by atoms with van der Waals surface area (Å²) in [6.07, 6.45) is 1.32. The van der Waals surface area contributed by atoms with Gasteiger partial charge in [0.2, 0.25) is 10.0 Å². The van der Waals surface area contributed by atoms with Crippen LogP contribution in [0.25, 0.3) is 0 Å². The number of nitrogens with one attached hydrogen (secondary N) is 1. The number of hydrogen-bond acceptors (Lipinski definition) is 4. The molecule has 0 radical (unpaired) electrons. The first-order valence-corrected chi connectivity index (χ1v) is 9.34. The minimum atomic E-state index is -3.30. The molecule has 0 fully saturated rings. The number of carbonyl (C=O) groups is 1. The zero-order valence-electron chi connectivity index (χ0n) is 14.6. The summed E-state index contributed by atoms with van der Waals surface area (Å²) < 4.78 is 29.8. The van der Waals surface area contributed by atoms with E-state index in [1.807, 2.05) is 20.8 Å². The normalized spacial score (nSPS) is 13.3. The van der Waals surface area contributed by atoms with Crippen molar-refractivity contribution in [1.29, 1.82) is 0 Å². The average molecular weight is 342 g/mol. The Labute approximate surface area is 138 Å². The Bertz CT molecular complexity index is 639. The third-order valence-corrected chi connectivity index (χ3v) is 4.93. The molecule has 0 bridgehead atoms. The summed E-state index contributed by atoms with van der Waals surface area (Å²) >= 11 is 0. The van der Waals surface area contributed by atoms with Gasteiger partial charge in [0.05, 0.1) is 11.9 Å². The van der Waals surface area contributed by atoms with Gasteiger partial charge < -0.3 is 10.1 Å². The molecule has 0 spiro atoms. The van der Waals surface area contributed by atoms with Crippen LogP contribution in [0.5, 0.6) is 5.75 Å². The average Bonchev–Trinajstić information content (AvgIpc) is 2.46. The lowest BCUT2D eigenvalue weighted by atomic mass is 10.0. The van der Waals surface area contributed by atoms with Gasteiger partial charge in [-0.2, -0.15) is 0 Å². The summed E-state index contributed by atoms with van der Waals surface area (Å²) in [5.74, 6) is 0.321. The van der Waals surface area contributed by atoms with Crippen LogP contribution in [-0.2, 0) is 14.8 Å². The summed E-state index contributed by atoms with van der Waals surface area (Å²) in [7, 11) is -1.82. The van der Waals surface area contributed by atoms with Crippen molar-refractivity contribution in [1.82, 2.24) is 5.32 Å². The molecule has 0 heterocycles. The van der Waals surface area contributed by atoms with Crippen molar-refractivity contribution in [3.8, 4) is 5.75 Å². The second kappa shape index (κ2) is 7.21. The molecule has 0 saturated carbocycles. The molecule has 1 rings (SSSR count). The number of benzene rings is 1. The van der Waals surface area contributed by atoms with Crippen molar-refractivity contribution in [2.75, 3.05) is 17.6 Å². The monoisotopic (exact) mass is 342 g/mol. The van der Waals surface area contributed by atoms with Gasteiger partial charge in [-0.25, -0.2) is 8.42 Å². The second-order valence-corrected chi connectivity index (χ2v) is 8.22. The highest BCUT2D eigenvalue weighted by atomic mass is 32.2. The van der Waals surface area contributed by atoms with E-state index in [9.17, 15) is 13.2 Å². The van der Waals surface area contributed by atoms with Gasteiger partial charge in [-0.3, -0.25) is 9.10 Å². The van der Waals surface area contributed by atoms with Crippen LogP contribution in [0.2, 0.25) is 0 Å². The van der Waals surface area contributed by atoms with Crippen LogP contribution in [0.1, 0.15) is 34.1 Å². The van der Waals surface area contributed by atoms with Crippen molar-refractivity contribution < 1.29 is 17.9 Å². The van der Waals surface area contributed by atoms with Crippen LogP contribution >= 0.6 is 0 Å². The molecule has 0 aliphatic carbocycles. The van der Waals surface area contributed by atoms with E-state index in [4.69, 9.17) is 4.74 Å². The van der Waals surface area contributed by atoms with Gasteiger partial charge in [0.1, 0.15) is 5.75 Å². The van der Waals surface area contributed by atoms with E-state index < -0.39 is 16.1 Å². The highest BCUT2D eigenvalue weighted by Crippen LogP contribution is 2.21. The fraction of sp³-hybridized carbons (Fsp3) is 0.562. The Morgan fingerprint density at radius 2 is 1.83 bits per heavy atom. The van der Waals surface area contributed by atoms with Gasteiger partial charge in [-0.1, -0.05) is 6.92 Å². The molecule has 7 heteroatoms. The number of anilines is 1. The van der Waals surface area contributed by atoms with Crippen molar-refractivity contribution in [2.24, 2.45) is 0 Å². The Hall–Kier alpha value is -1.76. The van der Waals surface area contributed by atoms with E-state index >= 15 is 0 Å². The van der Waals surface area contributed by atoms with Gasteiger partial charge in [-0.05, 0) is 51.5 Å². The van der Waals surface area contributed by atoms with Gasteiger partial charge in [-0.15, -0.1) is 0 Å². The van der Waals surface area contributed by atoms with Crippen LogP contribution in [0.4, 0.5) is 5.69 Å². The highest BCUT2D eigenvalue weighted by Gasteiger charge is 2.23. The molecule has 1 N–H and O–H groups in total. The first-order valence-electron chi connectivity index (χ1n) is 7.49. The maximum atomic E-state index is 12.1. The Kier molecular flexibility index (Phi) is 6.04. The lowest BCUT2D eigenvalue weighted by Gasteiger charge is -2.26. The maximum absolute atomic E-state index is 12.1. The Morgan fingerprint density at radius 3 is 2.26 bits per heavy atom. The predicted molar refractivity (Wildman–Crippen MR) is 92.3 cm³/mol. The number of ether oxygens (including phenoxy) is 1. The van der Waals surface area contributed by atoms with Crippen molar-refractivity contribution in [2.45, 2.75) is 45.8 Å². The summed E-state index contributed by atoms with van der Waals surface area (Å²) in [4.78, 5) is 12.1. The van der Waals surface area contributed by atoms with E-state index in [0.717, 1.165) is 12.7 Å². The van der Waals surface area contributed by atoms with Crippen LogP contribution < -0.4 is 14.4 Å². The first kappa shape index (κ1) is 19.3. The summed E-state index contributed by atoms with van der Waals surface area (Å²) in [5.41, 5.74) is 0.251. The third-order valence-electron chi connectivity index (χ3n) is 3.73. The van der Waals surface area contributed by atoms with E-state index in [2.05, 4.69) is 5.32 Å². The summed E-state index contributed by atoms with van der Waals surface area (Å²) in [5, 5.41) is 2.92. The SMILES string of the molecule is CCC(C)(C)NC(=O)[C@@H](C)Oc1ccc(N(C)S(C)(=O)=O)cc1. The molecule has 1 aromatic rings. The molecular formula is C16H26N2O4S. The fourth-order valence-electron chi connectivity index (χ4n) is 1.71. The molecule has 1 amide bonds. The van der Waals surface area contributed by atoms with E-state index in [1.54, 1.807) is 31.2 Å². The molecule has 0 aliphatic rings. The zero-order valence-corrected chi connectivity index (χ0v) is 15.4. The van der Waals surface area contributed by atoms with Gasteiger partial charge in [0.25, 0.3) is 5.91 Å². The maximum Gasteiger partial charge on any atom is 0.261 e.